The molecule has 1 rings (SSSR count). The van der Waals surface area contributed by atoms with E-state index in [4.69, 9.17) is 44.2 Å². The van der Waals surface area contributed by atoms with Gasteiger partial charge in [0, 0.05) is 5.41 Å². The normalized spacial score (nSPS) is 10.3. The summed E-state index contributed by atoms with van der Waals surface area (Å²) in [6, 6.07) is 0. The molecule has 0 aromatic carbocycles. The van der Waals surface area contributed by atoms with E-state index in [9.17, 15) is 0 Å². The number of phosphoric acid groups is 1. The van der Waals surface area contributed by atoms with Crippen LogP contribution in [-0.2, 0) is 31.2 Å². The topological polar surface area (TPSA) is 173 Å². The van der Waals surface area contributed by atoms with Crippen molar-refractivity contribution in [3.05, 3.63) is 31.2 Å². The van der Waals surface area contributed by atoms with Gasteiger partial charge in [-0.15, -0.1) is 6.42 Å². The fraction of sp³-hybridized carbons (Fsp3) is 0.533. The Morgan fingerprint density at radius 3 is 1.38 bits per heavy atom. The zero-order valence-electron chi connectivity index (χ0n) is 15.1. The zero-order valence-corrected chi connectivity index (χ0v) is 17.2. The minimum Gasteiger partial charge on any atom is -0.396 e. The molecule has 1 radical (unpaired) electrons. The van der Waals surface area contributed by atoms with Gasteiger partial charge in [0.2, 0.25) is 0 Å². The van der Waals surface area contributed by atoms with E-state index in [0.717, 1.165) is 6.42 Å². The molecule has 0 saturated carbocycles. The van der Waals surface area contributed by atoms with E-state index in [-0.39, 0.29) is 36.9 Å². The second-order valence-corrected chi connectivity index (χ2v) is 4.87. The van der Waals surface area contributed by atoms with Gasteiger partial charge in [-0.25, -0.2) is 16.7 Å². The number of carbonyl (C=O) groups excluding carboxylic acids is 2. The van der Waals surface area contributed by atoms with Crippen LogP contribution in [0.2, 0.25) is 0 Å². The number of aliphatic hydroxyl groups excluding tert-OH is 3. The van der Waals surface area contributed by atoms with Crippen molar-refractivity contribution >= 4 is 21.4 Å². The molecule has 1 aliphatic carbocycles. The summed E-state index contributed by atoms with van der Waals surface area (Å²) in [7, 11) is -4.64. The SMILES string of the molecule is C=O.C=O.CCC(CO)(CO)CO.O=P(O)(O)O.[C-]1=CC=CC1.[CH2-]C.[Mn+2]. The monoisotopic (exact) mass is 441 g/mol. The van der Waals surface area contributed by atoms with Gasteiger partial charge in [0.25, 0.3) is 0 Å². The standard InChI is InChI=1S/C6H14O3.C5H5.C2H5.2CH2O.Mn.H3O4P/c1-2-6(3-7,4-8)5-9;1-2-4-5-3-1;3*1-2;;1-5(2,3)4/h7-9H,2-5H2,1H3;1-3H,4H2;1H2,2H3;2*1H2;;(H3,1,2,3,4)/q;2*-1;;;+2;. The molecular formula is C15H31MnO9P. The predicted octanol–water partition coefficient (Wildman–Crippen LogP) is 0.205. The summed E-state index contributed by atoms with van der Waals surface area (Å²) >= 11 is 0. The molecule has 0 heterocycles. The molecular weight excluding hydrogens is 410 g/mol. The van der Waals surface area contributed by atoms with Crippen molar-refractivity contribution in [3.8, 4) is 0 Å². The third-order valence-electron chi connectivity index (χ3n) is 2.34. The molecule has 26 heavy (non-hydrogen) atoms. The first-order valence-electron chi connectivity index (χ1n) is 6.85. The second-order valence-electron chi connectivity index (χ2n) is 3.84. The molecule has 0 aromatic rings. The van der Waals surface area contributed by atoms with Crippen LogP contribution in [0.25, 0.3) is 0 Å². The number of aliphatic hydroxyl groups is 3. The van der Waals surface area contributed by atoms with Crippen molar-refractivity contribution in [1.82, 2.24) is 0 Å². The Labute approximate surface area is 166 Å². The molecule has 0 atom stereocenters. The summed E-state index contributed by atoms with van der Waals surface area (Å²) < 4.78 is 8.88. The summed E-state index contributed by atoms with van der Waals surface area (Å²) in [5.41, 5.74) is -0.667. The number of hydrogen-bond acceptors (Lipinski definition) is 6. The van der Waals surface area contributed by atoms with Crippen LogP contribution in [0.5, 0.6) is 0 Å². The number of hydrogen-bond donors (Lipinski definition) is 6. The van der Waals surface area contributed by atoms with Crippen molar-refractivity contribution in [3.63, 3.8) is 0 Å². The average Bonchev–Trinajstić information content (AvgIpc) is 3.21. The van der Waals surface area contributed by atoms with E-state index < -0.39 is 13.2 Å². The molecule has 0 bridgehead atoms. The Bertz CT molecular complexity index is 304. The fourth-order valence-corrected chi connectivity index (χ4v) is 0.826. The first-order chi connectivity index (χ1) is 11.7. The van der Waals surface area contributed by atoms with Gasteiger partial charge in [-0.2, -0.15) is 13.0 Å². The van der Waals surface area contributed by atoms with Gasteiger partial charge in [0.15, 0.2) is 0 Å². The van der Waals surface area contributed by atoms with Crippen LogP contribution in [0.3, 0.4) is 0 Å². The number of allylic oxidation sites excluding steroid dienone is 4. The minimum atomic E-state index is -4.64. The summed E-state index contributed by atoms with van der Waals surface area (Å²) in [5, 5.41) is 26.0. The zero-order chi connectivity index (χ0) is 21.4. The maximum absolute atomic E-state index is 8.88. The molecule has 0 aromatic heterocycles. The summed E-state index contributed by atoms with van der Waals surface area (Å²) in [4.78, 5) is 37.6. The smallest absolute Gasteiger partial charge is 0.396 e. The molecule has 157 valence electrons. The minimum absolute atomic E-state index is 0. The van der Waals surface area contributed by atoms with Crippen LogP contribution in [0.1, 0.15) is 26.7 Å². The second kappa shape index (κ2) is 32.0. The summed E-state index contributed by atoms with van der Waals surface area (Å²) in [6.45, 7) is 10.4. The summed E-state index contributed by atoms with van der Waals surface area (Å²) in [5.74, 6) is 0. The van der Waals surface area contributed by atoms with Gasteiger partial charge >= 0.3 is 24.9 Å². The van der Waals surface area contributed by atoms with Crippen LogP contribution in [0, 0.1) is 18.4 Å². The van der Waals surface area contributed by atoms with Crippen LogP contribution >= 0.6 is 7.82 Å². The van der Waals surface area contributed by atoms with Crippen LogP contribution in [-0.4, -0.2) is 63.4 Å². The molecule has 9 nitrogen and oxygen atoms in total. The van der Waals surface area contributed by atoms with Crippen molar-refractivity contribution in [1.29, 1.82) is 0 Å². The summed E-state index contributed by atoms with van der Waals surface area (Å²) in [6.07, 6.45) is 10.6. The number of rotatable bonds is 4. The Morgan fingerprint density at radius 1 is 1.04 bits per heavy atom. The number of carbonyl (C=O) groups is 2. The predicted molar refractivity (Wildman–Crippen MR) is 95.1 cm³/mol. The van der Waals surface area contributed by atoms with Crippen LogP contribution in [0.15, 0.2) is 18.2 Å². The molecule has 0 amide bonds. The Balaban J connectivity index is -0.0000000512. The molecule has 0 spiro atoms. The van der Waals surface area contributed by atoms with Gasteiger partial charge in [-0.3, -0.25) is 6.08 Å². The van der Waals surface area contributed by atoms with E-state index in [1.54, 1.807) is 6.92 Å². The molecule has 0 unspecified atom stereocenters. The molecule has 0 aliphatic heterocycles. The van der Waals surface area contributed by atoms with Gasteiger partial charge in [-0.1, -0.05) is 6.92 Å². The van der Waals surface area contributed by atoms with Crippen LogP contribution < -0.4 is 0 Å². The van der Waals surface area contributed by atoms with Gasteiger partial charge in [-0.05, 0) is 6.42 Å². The fourth-order valence-electron chi connectivity index (χ4n) is 0.826. The average molecular weight is 441 g/mol. The molecule has 0 saturated heterocycles. The van der Waals surface area contributed by atoms with Crippen molar-refractivity contribution in [2.24, 2.45) is 5.41 Å². The van der Waals surface area contributed by atoms with E-state index in [0.29, 0.717) is 6.42 Å². The third kappa shape index (κ3) is 43.6. The van der Waals surface area contributed by atoms with E-state index in [1.165, 1.54) is 0 Å². The maximum atomic E-state index is 8.88. The van der Waals surface area contributed by atoms with Crippen molar-refractivity contribution in [2.75, 3.05) is 19.8 Å². The first kappa shape index (κ1) is 40.1. The largest absolute Gasteiger partial charge is 2.00 e. The Kier molecular flexibility index (Phi) is 49.5. The molecule has 1 aliphatic rings. The third-order valence-corrected chi connectivity index (χ3v) is 2.34. The molecule has 11 heteroatoms. The van der Waals surface area contributed by atoms with E-state index in [2.05, 4.69) is 19.1 Å². The van der Waals surface area contributed by atoms with Gasteiger partial charge < -0.3 is 46.5 Å². The van der Waals surface area contributed by atoms with E-state index >= 15 is 0 Å². The van der Waals surface area contributed by atoms with E-state index in [1.807, 2.05) is 32.7 Å². The molecule has 6 N–H and O–H groups in total. The Hall–Kier alpha value is -0.671. The quantitative estimate of drug-likeness (QED) is 0.202. The van der Waals surface area contributed by atoms with Gasteiger partial charge in [0.05, 0.1) is 19.8 Å². The first-order valence-corrected chi connectivity index (χ1v) is 8.42. The molecule has 0 fully saturated rings. The van der Waals surface area contributed by atoms with Crippen LogP contribution in [0.4, 0.5) is 0 Å². The van der Waals surface area contributed by atoms with Gasteiger partial charge in [0.1, 0.15) is 13.6 Å². The van der Waals surface area contributed by atoms with Crippen molar-refractivity contribution in [2.45, 2.75) is 26.7 Å². The van der Waals surface area contributed by atoms with Crippen molar-refractivity contribution < 1.29 is 61.2 Å². The Morgan fingerprint density at radius 2 is 1.35 bits per heavy atom. The maximum Gasteiger partial charge on any atom is 2.00 e.